The summed E-state index contributed by atoms with van der Waals surface area (Å²) in [7, 11) is -1.77. The zero-order valence-electron chi connectivity index (χ0n) is 11.1. The zero-order valence-corrected chi connectivity index (χ0v) is 12.7. The Morgan fingerprint density at radius 3 is 2.53 bits per heavy atom. The molecule has 0 saturated carbocycles. The highest BCUT2D eigenvalue weighted by molar-refractivity contribution is 7.86. The number of rotatable bonds is 4. The lowest BCUT2D eigenvalue weighted by molar-refractivity contribution is 0.230. The summed E-state index contributed by atoms with van der Waals surface area (Å²) in [6.07, 6.45) is 2.05. The van der Waals surface area contributed by atoms with Crippen molar-refractivity contribution in [1.82, 2.24) is 8.61 Å². The molecule has 1 aliphatic rings. The van der Waals surface area contributed by atoms with E-state index in [-0.39, 0.29) is 5.88 Å². The lowest BCUT2D eigenvalue weighted by atomic mass is 10.0. The van der Waals surface area contributed by atoms with Gasteiger partial charge in [-0.2, -0.15) is 17.0 Å². The van der Waals surface area contributed by atoms with Crippen LogP contribution in [0.4, 0.5) is 0 Å². The molecule has 1 saturated heterocycles. The number of piperidine rings is 1. The molecule has 0 aromatic carbocycles. The van der Waals surface area contributed by atoms with Gasteiger partial charge in [-0.3, -0.25) is 0 Å². The van der Waals surface area contributed by atoms with Crippen molar-refractivity contribution in [3.63, 3.8) is 0 Å². The SMILES string of the molecule is CC1CCCN(S(=O)(=O)N(C)C(C)(C)CCl)C1. The van der Waals surface area contributed by atoms with Gasteiger partial charge in [0.25, 0.3) is 10.2 Å². The fourth-order valence-corrected chi connectivity index (χ4v) is 4.01. The van der Waals surface area contributed by atoms with Crippen LogP contribution in [0.3, 0.4) is 0 Å². The Balaban J connectivity index is 2.87. The standard InChI is InChI=1S/C11H23ClN2O2S/c1-10-6-5-7-14(8-10)17(15,16)13(4)11(2,3)9-12/h10H,5-9H2,1-4H3. The molecule has 0 radical (unpaired) electrons. The van der Waals surface area contributed by atoms with Crippen LogP contribution in [0.5, 0.6) is 0 Å². The molecule has 0 spiro atoms. The van der Waals surface area contributed by atoms with E-state index >= 15 is 0 Å². The summed E-state index contributed by atoms with van der Waals surface area (Å²) < 4.78 is 27.8. The number of nitrogens with zero attached hydrogens (tertiary/aromatic N) is 2. The van der Waals surface area contributed by atoms with E-state index in [0.29, 0.717) is 19.0 Å². The fraction of sp³-hybridized carbons (Fsp3) is 1.00. The molecular formula is C11H23ClN2O2S. The first-order chi connectivity index (χ1) is 7.71. The first-order valence-corrected chi connectivity index (χ1v) is 7.95. The molecule has 0 bridgehead atoms. The number of hydrogen-bond acceptors (Lipinski definition) is 2. The number of alkyl halides is 1. The molecule has 0 aromatic rings. The van der Waals surface area contributed by atoms with E-state index in [1.807, 2.05) is 13.8 Å². The first-order valence-electron chi connectivity index (χ1n) is 6.02. The minimum absolute atomic E-state index is 0.284. The van der Waals surface area contributed by atoms with E-state index in [1.165, 1.54) is 4.31 Å². The molecule has 1 atom stereocenters. The van der Waals surface area contributed by atoms with Crippen LogP contribution in [-0.2, 0) is 10.2 Å². The van der Waals surface area contributed by atoms with Crippen molar-refractivity contribution in [1.29, 1.82) is 0 Å². The molecule has 102 valence electrons. The van der Waals surface area contributed by atoms with Gasteiger partial charge in [0.1, 0.15) is 0 Å². The van der Waals surface area contributed by atoms with Crippen molar-refractivity contribution >= 4 is 21.8 Å². The summed E-state index contributed by atoms with van der Waals surface area (Å²) in [6, 6.07) is 0. The summed E-state index contributed by atoms with van der Waals surface area (Å²) in [6.45, 7) is 7.00. The Kier molecular flexibility index (Phi) is 4.86. The zero-order chi connectivity index (χ0) is 13.3. The predicted molar refractivity (Wildman–Crippen MR) is 71.5 cm³/mol. The minimum Gasteiger partial charge on any atom is -0.195 e. The molecule has 0 N–H and O–H groups in total. The third kappa shape index (κ3) is 3.34. The third-order valence-corrected chi connectivity index (χ3v) is 6.30. The molecule has 0 amide bonds. The molecule has 1 rings (SSSR count). The van der Waals surface area contributed by atoms with Crippen molar-refractivity contribution in [3.05, 3.63) is 0 Å². The second-order valence-electron chi connectivity index (χ2n) is 5.53. The molecule has 1 heterocycles. The second-order valence-corrected chi connectivity index (χ2v) is 7.75. The van der Waals surface area contributed by atoms with Crippen LogP contribution < -0.4 is 0 Å². The van der Waals surface area contributed by atoms with E-state index in [9.17, 15) is 8.42 Å². The molecular weight excluding hydrogens is 260 g/mol. The second kappa shape index (κ2) is 5.43. The van der Waals surface area contributed by atoms with E-state index < -0.39 is 15.7 Å². The van der Waals surface area contributed by atoms with Gasteiger partial charge in [-0.25, -0.2) is 0 Å². The fourth-order valence-electron chi connectivity index (χ4n) is 1.93. The summed E-state index contributed by atoms with van der Waals surface area (Å²) in [5.74, 6) is 0.720. The Labute approximate surface area is 110 Å². The molecule has 17 heavy (non-hydrogen) atoms. The molecule has 4 nitrogen and oxygen atoms in total. The van der Waals surface area contributed by atoms with Crippen molar-refractivity contribution < 1.29 is 8.42 Å². The van der Waals surface area contributed by atoms with Crippen LogP contribution in [0.25, 0.3) is 0 Å². The van der Waals surface area contributed by atoms with Gasteiger partial charge < -0.3 is 0 Å². The quantitative estimate of drug-likeness (QED) is 0.739. The monoisotopic (exact) mass is 282 g/mol. The lowest BCUT2D eigenvalue weighted by Crippen LogP contribution is -2.54. The maximum absolute atomic E-state index is 12.4. The molecule has 1 unspecified atom stereocenters. The van der Waals surface area contributed by atoms with Crippen LogP contribution in [-0.4, -0.2) is 48.6 Å². The van der Waals surface area contributed by atoms with Gasteiger partial charge in [-0.15, -0.1) is 11.6 Å². The van der Waals surface area contributed by atoms with Crippen molar-refractivity contribution in [2.75, 3.05) is 26.0 Å². The lowest BCUT2D eigenvalue weighted by Gasteiger charge is -2.39. The normalized spacial score (nSPS) is 24.2. The Bertz CT molecular complexity index is 356. The molecule has 6 heteroatoms. The van der Waals surface area contributed by atoms with Gasteiger partial charge in [-0.05, 0) is 32.6 Å². The summed E-state index contributed by atoms with van der Waals surface area (Å²) in [4.78, 5) is 0. The maximum atomic E-state index is 12.4. The average molecular weight is 283 g/mol. The van der Waals surface area contributed by atoms with Gasteiger partial charge in [0, 0.05) is 31.6 Å². The molecule has 0 aromatic heterocycles. The van der Waals surface area contributed by atoms with E-state index in [1.54, 1.807) is 11.4 Å². The first kappa shape index (κ1) is 15.2. The van der Waals surface area contributed by atoms with Gasteiger partial charge in [-0.1, -0.05) is 6.92 Å². The molecule has 1 aliphatic heterocycles. The minimum atomic E-state index is -3.38. The maximum Gasteiger partial charge on any atom is 0.282 e. The Morgan fingerprint density at radius 1 is 1.47 bits per heavy atom. The average Bonchev–Trinajstić information content (AvgIpc) is 2.28. The predicted octanol–water partition coefficient (Wildman–Crippen LogP) is 1.91. The van der Waals surface area contributed by atoms with Crippen LogP contribution in [0.1, 0.15) is 33.6 Å². The number of halogens is 1. The topological polar surface area (TPSA) is 40.6 Å². The summed E-state index contributed by atoms with van der Waals surface area (Å²) in [5.41, 5.74) is -0.554. The highest BCUT2D eigenvalue weighted by Crippen LogP contribution is 2.25. The van der Waals surface area contributed by atoms with Crippen LogP contribution in [0, 0.1) is 5.92 Å². The van der Waals surface area contributed by atoms with Crippen molar-refractivity contribution in [2.45, 2.75) is 39.2 Å². The van der Waals surface area contributed by atoms with Gasteiger partial charge >= 0.3 is 0 Å². The Hall–Kier alpha value is 0.160. The van der Waals surface area contributed by atoms with Gasteiger partial charge in [0.15, 0.2) is 0 Å². The number of hydrogen-bond donors (Lipinski definition) is 0. The van der Waals surface area contributed by atoms with E-state index in [2.05, 4.69) is 6.92 Å². The van der Waals surface area contributed by atoms with Crippen LogP contribution in [0.2, 0.25) is 0 Å². The third-order valence-electron chi connectivity index (χ3n) is 3.47. The molecule has 1 fully saturated rings. The van der Waals surface area contributed by atoms with E-state index in [4.69, 9.17) is 11.6 Å². The van der Waals surface area contributed by atoms with Crippen LogP contribution in [0.15, 0.2) is 0 Å². The van der Waals surface area contributed by atoms with E-state index in [0.717, 1.165) is 12.8 Å². The smallest absolute Gasteiger partial charge is 0.195 e. The highest BCUT2D eigenvalue weighted by atomic mass is 35.5. The highest BCUT2D eigenvalue weighted by Gasteiger charge is 2.37. The van der Waals surface area contributed by atoms with Crippen LogP contribution >= 0.6 is 11.6 Å². The van der Waals surface area contributed by atoms with Crippen molar-refractivity contribution in [3.8, 4) is 0 Å². The summed E-state index contributed by atoms with van der Waals surface area (Å²) >= 11 is 5.84. The van der Waals surface area contributed by atoms with Gasteiger partial charge in [0.05, 0.1) is 0 Å². The van der Waals surface area contributed by atoms with Gasteiger partial charge in [0.2, 0.25) is 0 Å². The summed E-state index contributed by atoms with van der Waals surface area (Å²) in [5, 5.41) is 0. The largest absolute Gasteiger partial charge is 0.282 e. The van der Waals surface area contributed by atoms with Crippen molar-refractivity contribution in [2.24, 2.45) is 5.92 Å². The Morgan fingerprint density at radius 2 is 2.06 bits per heavy atom. The molecule has 0 aliphatic carbocycles.